The maximum atomic E-state index is 12.3. The van der Waals surface area contributed by atoms with Crippen LogP contribution in [0.3, 0.4) is 0 Å². The summed E-state index contributed by atoms with van der Waals surface area (Å²) in [7, 11) is 0. The van der Waals surface area contributed by atoms with Crippen LogP contribution in [0.4, 0.5) is 0 Å². The second-order valence-electron chi connectivity index (χ2n) is 5.44. The highest BCUT2D eigenvalue weighted by atomic mass is 16.4. The zero-order valence-corrected chi connectivity index (χ0v) is 11.9. The van der Waals surface area contributed by atoms with E-state index in [9.17, 15) is 14.7 Å². The molecular formula is C15H16N4O3. The molecule has 1 heterocycles. The number of carbonyl (C=O) groups is 2. The first kappa shape index (κ1) is 14.2. The van der Waals surface area contributed by atoms with Crippen LogP contribution in [0.15, 0.2) is 36.7 Å². The number of hydrogen-bond donors (Lipinski definition) is 2. The van der Waals surface area contributed by atoms with Crippen LogP contribution in [-0.2, 0) is 4.79 Å². The van der Waals surface area contributed by atoms with Gasteiger partial charge in [-0.05, 0) is 37.1 Å². The predicted molar refractivity (Wildman–Crippen MR) is 77.7 cm³/mol. The van der Waals surface area contributed by atoms with Gasteiger partial charge in [0.2, 0.25) is 0 Å². The number of benzene rings is 1. The summed E-state index contributed by atoms with van der Waals surface area (Å²) in [5, 5.41) is 19.7. The Morgan fingerprint density at radius 3 is 2.41 bits per heavy atom. The Balaban J connectivity index is 1.76. The molecule has 0 bridgehead atoms. The first-order valence-corrected chi connectivity index (χ1v) is 7.13. The van der Waals surface area contributed by atoms with Crippen molar-refractivity contribution in [2.45, 2.75) is 31.2 Å². The molecule has 1 saturated carbocycles. The van der Waals surface area contributed by atoms with Crippen LogP contribution in [0.2, 0.25) is 0 Å². The van der Waals surface area contributed by atoms with Crippen molar-refractivity contribution in [3.63, 3.8) is 0 Å². The van der Waals surface area contributed by atoms with E-state index in [1.165, 1.54) is 0 Å². The summed E-state index contributed by atoms with van der Waals surface area (Å²) in [6, 6.07) is 6.78. The van der Waals surface area contributed by atoms with E-state index in [0.29, 0.717) is 18.4 Å². The third-order valence-electron chi connectivity index (χ3n) is 4.04. The fourth-order valence-electron chi connectivity index (χ4n) is 2.77. The molecule has 0 aliphatic heterocycles. The summed E-state index contributed by atoms with van der Waals surface area (Å²) in [6.45, 7) is 0. The van der Waals surface area contributed by atoms with Crippen LogP contribution in [0, 0.1) is 0 Å². The highest BCUT2D eigenvalue weighted by molar-refractivity contribution is 5.98. The van der Waals surface area contributed by atoms with Gasteiger partial charge in [0.05, 0.1) is 18.1 Å². The number of amides is 1. The van der Waals surface area contributed by atoms with E-state index in [4.69, 9.17) is 0 Å². The molecule has 0 unspecified atom stereocenters. The van der Waals surface area contributed by atoms with E-state index in [1.807, 2.05) is 0 Å². The van der Waals surface area contributed by atoms with Crippen molar-refractivity contribution in [3.05, 3.63) is 42.2 Å². The molecule has 114 valence electrons. The number of carboxylic acids is 1. The van der Waals surface area contributed by atoms with E-state index in [1.54, 1.807) is 41.3 Å². The van der Waals surface area contributed by atoms with Gasteiger partial charge in [-0.15, -0.1) is 5.10 Å². The second kappa shape index (κ2) is 5.59. The van der Waals surface area contributed by atoms with Crippen LogP contribution in [0.1, 0.15) is 36.0 Å². The van der Waals surface area contributed by atoms with Crippen molar-refractivity contribution < 1.29 is 14.7 Å². The van der Waals surface area contributed by atoms with Gasteiger partial charge in [0.25, 0.3) is 5.91 Å². The molecule has 1 aliphatic rings. The summed E-state index contributed by atoms with van der Waals surface area (Å²) in [5.41, 5.74) is 0.0843. The fraction of sp³-hybridized carbons (Fsp3) is 0.333. The number of aliphatic carboxylic acids is 1. The Labute approximate surface area is 126 Å². The molecule has 7 nitrogen and oxygen atoms in total. The minimum absolute atomic E-state index is 0.366. The first-order valence-electron chi connectivity index (χ1n) is 7.13. The summed E-state index contributed by atoms with van der Waals surface area (Å²) in [5.74, 6) is -1.33. The molecule has 0 atom stereocenters. The van der Waals surface area contributed by atoms with Crippen LogP contribution < -0.4 is 5.32 Å². The molecule has 2 aromatic rings. The van der Waals surface area contributed by atoms with Gasteiger partial charge in [0, 0.05) is 5.56 Å². The average molecular weight is 300 g/mol. The number of carboxylic acid groups (broad SMARTS) is 1. The summed E-state index contributed by atoms with van der Waals surface area (Å²) < 4.78 is 1.58. The van der Waals surface area contributed by atoms with Gasteiger partial charge < -0.3 is 10.4 Å². The van der Waals surface area contributed by atoms with Crippen molar-refractivity contribution in [1.29, 1.82) is 0 Å². The molecular weight excluding hydrogens is 284 g/mol. The molecule has 1 fully saturated rings. The van der Waals surface area contributed by atoms with E-state index >= 15 is 0 Å². The maximum absolute atomic E-state index is 12.3. The molecule has 1 aromatic carbocycles. The molecule has 0 spiro atoms. The van der Waals surface area contributed by atoms with Crippen molar-refractivity contribution in [2.24, 2.45) is 0 Å². The van der Waals surface area contributed by atoms with Crippen molar-refractivity contribution in [1.82, 2.24) is 20.3 Å². The largest absolute Gasteiger partial charge is 0.480 e. The summed E-state index contributed by atoms with van der Waals surface area (Å²) in [6.07, 6.45) is 5.86. The highest BCUT2D eigenvalue weighted by Crippen LogP contribution is 2.30. The van der Waals surface area contributed by atoms with Gasteiger partial charge >= 0.3 is 5.97 Å². The molecule has 2 N–H and O–H groups in total. The fourth-order valence-corrected chi connectivity index (χ4v) is 2.77. The Morgan fingerprint density at radius 1 is 1.18 bits per heavy atom. The predicted octanol–water partition coefficient (Wildman–Crippen LogP) is 1.39. The number of rotatable bonds is 4. The normalized spacial score (nSPS) is 16.4. The standard InChI is InChI=1S/C15H16N4O3/c20-13(17-15(14(21)22)7-1-2-8-15)11-3-5-12(6-4-11)19-10-9-16-18-19/h3-6,9-10H,1-2,7-8H2,(H,17,20)(H,21,22). The molecule has 0 radical (unpaired) electrons. The minimum Gasteiger partial charge on any atom is -0.480 e. The molecule has 7 heteroatoms. The lowest BCUT2D eigenvalue weighted by Crippen LogP contribution is -2.52. The molecule has 1 aliphatic carbocycles. The van der Waals surface area contributed by atoms with Crippen LogP contribution >= 0.6 is 0 Å². The van der Waals surface area contributed by atoms with Crippen LogP contribution in [0.5, 0.6) is 0 Å². The molecule has 1 amide bonds. The summed E-state index contributed by atoms with van der Waals surface area (Å²) in [4.78, 5) is 23.8. The van der Waals surface area contributed by atoms with Crippen LogP contribution in [0.25, 0.3) is 5.69 Å². The van der Waals surface area contributed by atoms with Gasteiger partial charge in [0.15, 0.2) is 0 Å². The van der Waals surface area contributed by atoms with E-state index < -0.39 is 11.5 Å². The van der Waals surface area contributed by atoms with E-state index in [0.717, 1.165) is 18.5 Å². The van der Waals surface area contributed by atoms with E-state index in [2.05, 4.69) is 15.6 Å². The topological polar surface area (TPSA) is 97.1 Å². The Morgan fingerprint density at radius 2 is 1.86 bits per heavy atom. The molecule has 22 heavy (non-hydrogen) atoms. The van der Waals surface area contributed by atoms with Crippen molar-refractivity contribution in [2.75, 3.05) is 0 Å². The maximum Gasteiger partial charge on any atom is 0.329 e. The quantitative estimate of drug-likeness (QED) is 0.889. The second-order valence-corrected chi connectivity index (χ2v) is 5.44. The monoisotopic (exact) mass is 300 g/mol. The number of aromatic nitrogens is 3. The third-order valence-corrected chi connectivity index (χ3v) is 4.04. The zero-order chi connectivity index (χ0) is 15.6. The van der Waals surface area contributed by atoms with E-state index in [-0.39, 0.29) is 5.91 Å². The molecule has 1 aromatic heterocycles. The Hall–Kier alpha value is -2.70. The number of nitrogens with one attached hydrogen (secondary N) is 1. The van der Waals surface area contributed by atoms with Gasteiger partial charge in [-0.3, -0.25) is 4.79 Å². The average Bonchev–Trinajstić information content (AvgIpc) is 3.19. The minimum atomic E-state index is -1.12. The summed E-state index contributed by atoms with van der Waals surface area (Å²) >= 11 is 0. The van der Waals surface area contributed by atoms with Gasteiger partial charge in [-0.2, -0.15) is 0 Å². The zero-order valence-electron chi connectivity index (χ0n) is 11.9. The Bertz CT molecular complexity index is 673. The SMILES string of the molecule is O=C(NC1(C(=O)O)CCCC1)c1ccc(-n2ccnn2)cc1. The third kappa shape index (κ3) is 2.57. The highest BCUT2D eigenvalue weighted by Gasteiger charge is 2.42. The smallest absolute Gasteiger partial charge is 0.329 e. The van der Waals surface area contributed by atoms with Gasteiger partial charge in [-0.1, -0.05) is 18.1 Å². The number of hydrogen-bond acceptors (Lipinski definition) is 4. The number of carbonyl (C=O) groups excluding carboxylic acids is 1. The van der Waals surface area contributed by atoms with Crippen molar-refractivity contribution in [3.8, 4) is 5.69 Å². The molecule has 3 rings (SSSR count). The van der Waals surface area contributed by atoms with Crippen LogP contribution in [-0.4, -0.2) is 37.5 Å². The lowest BCUT2D eigenvalue weighted by atomic mass is 9.97. The lowest BCUT2D eigenvalue weighted by Gasteiger charge is -2.25. The lowest BCUT2D eigenvalue weighted by molar-refractivity contribution is -0.144. The molecule has 0 saturated heterocycles. The van der Waals surface area contributed by atoms with Gasteiger partial charge in [0.1, 0.15) is 5.54 Å². The van der Waals surface area contributed by atoms with Crippen molar-refractivity contribution >= 4 is 11.9 Å². The first-order chi connectivity index (χ1) is 10.6. The van der Waals surface area contributed by atoms with Gasteiger partial charge in [-0.25, -0.2) is 9.48 Å². The Kier molecular flexibility index (Phi) is 3.62. The number of nitrogens with zero attached hydrogens (tertiary/aromatic N) is 3.